The third kappa shape index (κ3) is 6.62. The molecule has 0 fully saturated rings. The minimum Gasteiger partial charge on any atom is -0.469 e. The predicted molar refractivity (Wildman–Crippen MR) is 129 cm³/mol. The van der Waals surface area contributed by atoms with Gasteiger partial charge in [0.25, 0.3) is 5.91 Å². The predicted octanol–water partition coefficient (Wildman–Crippen LogP) is 3.91. The second kappa shape index (κ2) is 11.4. The number of methoxy groups -OCH3 is 1. The van der Waals surface area contributed by atoms with Crippen molar-refractivity contribution in [3.63, 3.8) is 0 Å². The Bertz CT molecular complexity index is 721. The van der Waals surface area contributed by atoms with E-state index in [-0.39, 0.29) is 24.8 Å². The lowest BCUT2D eigenvalue weighted by Crippen LogP contribution is -2.34. The quantitative estimate of drug-likeness (QED) is 0.136. The van der Waals surface area contributed by atoms with E-state index in [0.717, 1.165) is 16.4 Å². The van der Waals surface area contributed by atoms with Gasteiger partial charge in [-0.25, -0.2) is 4.99 Å². The molecule has 0 aliphatic carbocycles. The van der Waals surface area contributed by atoms with Crippen LogP contribution in [0.25, 0.3) is 0 Å². The molecule has 0 spiro atoms. The molecule has 0 atom stereocenters. The van der Waals surface area contributed by atoms with Crippen molar-refractivity contribution >= 4 is 91.7 Å². The summed E-state index contributed by atoms with van der Waals surface area (Å²) in [7, 11) is 5.11. The molecule has 142 valence electrons. The monoisotopic (exact) mass is 695 g/mol. The molecule has 9 heteroatoms. The van der Waals surface area contributed by atoms with Gasteiger partial charge in [-0.15, -0.1) is 6.58 Å². The number of amides is 1. The zero-order valence-corrected chi connectivity index (χ0v) is 21.2. The Morgan fingerprint density at radius 3 is 2.46 bits per heavy atom. The highest BCUT2D eigenvalue weighted by molar-refractivity contribution is 14.1. The van der Waals surface area contributed by atoms with Gasteiger partial charge in [0.05, 0.1) is 34.7 Å². The highest BCUT2D eigenvalue weighted by Crippen LogP contribution is 2.34. The van der Waals surface area contributed by atoms with E-state index in [1.165, 1.54) is 7.11 Å². The average Bonchev–Trinajstić information content (AvgIpc) is 2.57. The molecule has 0 bridgehead atoms. The van der Waals surface area contributed by atoms with Crippen LogP contribution in [-0.2, 0) is 9.53 Å². The van der Waals surface area contributed by atoms with Crippen LogP contribution in [0.5, 0.6) is 0 Å². The number of nitrogens with zero attached hydrogens (tertiary/aromatic N) is 3. The first-order chi connectivity index (χ1) is 12.2. The van der Waals surface area contributed by atoms with E-state index in [2.05, 4.69) is 84.1 Å². The molecule has 1 aromatic carbocycles. The second-order valence-electron chi connectivity index (χ2n) is 5.45. The van der Waals surface area contributed by atoms with Gasteiger partial charge in [0.15, 0.2) is 0 Å². The van der Waals surface area contributed by atoms with Gasteiger partial charge >= 0.3 is 5.97 Å². The standard InChI is InChI=1S/C17H20I3N3O3/c1-5-7-23(8-6-13(24)26-4)17(25)14-11(18)9-12(19)16(15(14)20)21-10-22(2)3/h5,9-10H,1,6-8H2,2-4H3. The summed E-state index contributed by atoms with van der Waals surface area (Å²) < 4.78 is 7.27. The average molecular weight is 695 g/mol. The van der Waals surface area contributed by atoms with Crippen molar-refractivity contribution in [2.75, 3.05) is 34.3 Å². The van der Waals surface area contributed by atoms with Crippen molar-refractivity contribution in [3.8, 4) is 0 Å². The minimum atomic E-state index is -0.352. The van der Waals surface area contributed by atoms with Gasteiger partial charge < -0.3 is 14.5 Å². The van der Waals surface area contributed by atoms with Crippen LogP contribution in [0.4, 0.5) is 5.69 Å². The van der Waals surface area contributed by atoms with Gasteiger partial charge in [-0.2, -0.15) is 0 Å². The number of carbonyl (C=O) groups excluding carboxylic acids is 2. The molecular weight excluding hydrogens is 675 g/mol. The van der Waals surface area contributed by atoms with Crippen LogP contribution in [0.15, 0.2) is 23.7 Å². The highest BCUT2D eigenvalue weighted by Gasteiger charge is 2.24. The Kier molecular flexibility index (Phi) is 10.4. The van der Waals surface area contributed by atoms with E-state index < -0.39 is 0 Å². The lowest BCUT2D eigenvalue weighted by atomic mass is 10.1. The third-order valence-electron chi connectivity index (χ3n) is 3.23. The van der Waals surface area contributed by atoms with Crippen LogP contribution in [0.1, 0.15) is 16.8 Å². The van der Waals surface area contributed by atoms with Crippen LogP contribution >= 0.6 is 67.8 Å². The first-order valence-corrected chi connectivity index (χ1v) is 10.8. The number of benzene rings is 1. The maximum atomic E-state index is 13.1. The molecule has 0 N–H and O–H groups in total. The lowest BCUT2D eigenvalue weighted by molar-refractivity contribution is -0.140. The summed E-state index contributed by atoms with van der Waals surface area (Å²) in [6.07, 6.45) is 3.49. The number of hydrogen-bond donors (Lipinski definition) is 0. The van der Waals surface area contributed by atoms with Gasteiger partial charge in [0.1, 0.15) is 0 Å². The summed E-state index contributed by atoms with van der Waals surface area (Å²) >= 11 is 6.54. The summed E-state index contributed by atoms with van der Waals surface area (Å²) in [6.45, 7) is 4.33. The molecular formula is C17H20I3N3O3. The molecule has 0 saturated heterocycles. The molecule has 0 aromatic heterocycles. The van der Waals surface area contributed by atoms with Crippen molar-refractivity contribution in [1.29, 1.82) is 0 Å². The number of rotatable bonds is 8. The van der Waals surface area contributed by atoms with Crippen LogP contribution < -0.4 is 0 Å². The summed E-state index contributed by atoms with van der Waals surface area (Å²) in [6, 6.07) is 1.94. The van der Waals surface area contributed by atoms with Crippen molar-refractivity contribution in [1.82, 2.24) is 9.80 Å². The summed E-state index contributed by atoms with van der Waals surface area (Å²) in [5.74, 6) is -0.504. The van der Waals surface area contributed by atoms with Crippen LogP contribution in [-0.4, -0.2) is 62.3 Å². The fourth-order valence-electron chi connectivity index (χ4n) is 1.99. The zero-order valence-electron chi connectivity index (χ0n) is 14.8. The molecule has 1 rings (SSSR count). The molecule has 0 radical (unpaired) electrons. The van der Waals surface area contributed by atoms with Crippen molar-refractivity contribution in [3.05, 3.63) is 35.0 Å². The fraction of sp³-hybridized carbons (Fsp3) is 0.353. The first kappa shape index (κ1) is 23.6. The largest absolute Gasteiger partial charge is 0.469 e. The van der Waals surface area contributed by atoms with Crippen LogP contribution in [0, 0.1) is 10.7 Å². The maximum absolute atomic E-state index is 13.1. The smallest absolute Gasteiger partial charge is 0.307 e. The van der Waals surface area contributed by atoms with E-state index in [4.69, 9.17) is 0 Å². The van der Waals surface area contributed by atoms with E-state index in [0.29, 0.717) is 12.1 Å². The van der Waals surface area contributed by atoms with Gasteiger partial charge in [-0.1, -0.05) is 6.08 Å². The van der Waals surface area contributed by atoms with E-state index in [9.17, 15) is 9.59 Å². The van der Waals surface area contributed by atoms with Crippen molar-refractivity contribution in [2.24, 2.45) is 4.99 Å². The molecule has 0 saturated carbocycles. The molecule has 26 heavy (non-hydrogen) atoms. The van der Waals surface area contributed by atoms with Crippen molar-refractivity contribution < 1.29 is 14.3 Å². The topological polar surface area (TPSA) is 62.2 Å². The molecule has 0 unspecified atom stereocenters. The molecule has 6 nitrogen and oxygen atoms in total. The Hall–Kier alpha value is -0.440. The van der Waals surface area contributed by atoms with Gasteiger partial charge in [0.2, 0.25) is 0 Å². The normalized spacial score (nSPS) is 10.7. The Morgan fingerprint density at radius 1 is 1.27 bits per heavy atom. The van der Waals surface area contributed by atoms with Gasteiger partial charge in [-0.05, 0) is 73.8 Å². The minimum absolute atomic E-state index is 0.138. The van der Waals surface area contributed by atoms with E-state index in [1.807, 2.05) is 25.1 Å². The zero-order chi connectivity index (χ0) is 19.9. The number of ether oxygens (including phenoxy) is 1. The molecule has 0 aliphatic heterocycles. The number of halogens is 3. The molecule has 0 heterocycles. The summed E-state index contributed by atoms with van der Waals surface area (Å²) in [5.41, 5.74) is 1.35. The van der Waals surface area contributed by atoms with Crippen LogP contribution in [0.3, 0.4) is 0 Å². The Balaban J connectivity index is 3.28. The molecule has 1 aromatic rings. The van der Waals surface area contributed by atoms with E-state index in [1.54, 1.807) is 17.3 Å². The first-order valence-electron chi connectivity index (χ1n) is 7.58. The number of aliphatic imine (C=N–C) groups is 1. The fourth-order valence-corrected chi connectivity index (χ4v) is 6.10. The van der Waals surface area contributed by atoms with Gasteiger partial charge in [0, 0.05) is 34.3 Å². The number of hydrogen-bond acceptors (Lipinski definition) is 4. The lowest BCUT2D eigenvalue weighted by Gasteiger charge is -2.23. The molecule has 0 aliphatic rings. The van der Waals surface area contributed by atoms with Gasteiger partial charge in [-0.3, -0.25) is 9.59 Å². The number of esters is 1. The maximum Gasteiger partial charge on any atom is 0.307 e. The van der Waals surface area contributed by atoms with Crippen molar-refractivity contribution in [2.45, 2.75) is 6.42 Å². The number of carbonyl (C=O) groups is 2. The molecule has 1 amide bonds. The third-order valence-corrected chi connectivity index (χ3v) is 5.95. The van der Waals surface area contributed by atoms with E-state index >= 15 is 0 Å². The second-order valence-corrected chi connectivity index (χ2v) is 8.86. The summed E-state index contributed by atoms with van der Waals surface area (Å²) in [5, 5.41) is 0. The Labute approximate surface area is 194 Å². The summed E-state index contributed by atoms with van der Waals surface area (Å²) in [4.78, 5) is 32.5. The highest BCUT2D eigenvalue weighted by atomic mass is 127. The Morgan fingerprint density at radius 2 is 1.92 bits per heavy atom. The van der Waals surface area contributed by atoms with Crippen LogP contribution in [0.2, 0.25) is 0 Å². The SMILES string of the molecule is C=CCN(CCC(=O)OC)C(=O)c1c(I)cc(I)c(N=CN(C)C)c1I.